The fourth-order valence-electron chi connectivity index (χ4n) is 1.76. The van der Waals surface area contributed by atoms with Gasteiger partial charge in [0.05, 0.1) is 12.1 Å². The van der Waals surface area contributed by atoms with E-state index < -0.39 is 0 Å². The molecule has 4 heteroatoms. The fraction of sp³-hybridized carbons (Fsp3) is 0.273. The number of nitrogens with one attached hydrogen (secondary N) is 1. The number of hydrogen-bond acceptors (Lipinski definition) is 2. The van der Waals surface area contributed by atoms with Crippen LogP contribution in [0.15, 0.2) is 24.4 Å². The molecule has 0 aliphatic carbocycles. The Hall–Kier alpha value is -1.03. The van der Waals surface area contributed by atoms with Crippen molar-refractivity contribution >= 4 is 22.5 Å². The van der Waals surface area contributed by atoms with Crippen molar-refractivity contribution < 1.29 is 4.84 Å². The molecule has 1 aromatic heterocycles. The van der Waals surface area contributed by atoms with E-state index in [1.165, 1.54) is 0 Å². The smallest absolute Gasteiger partial charge is 0.0664 e. The van der Waals surface area contributed by atoms with Crippen molar-refractivity contribution in [3.05, 3.63) is 35.0 Å². The highest BCUT2D eigenvalue weighted by molar-refractivity contribution is 6.35. The molecule has 2 aromatic rings. The number of hydrogen-bond donors (Lipinski definition) is 1. The van der Waals surface area contributed by atoms with Crippen molar-refractivity contribution in [2.75, 3.05) is 7.11 Å². The largest absolute Gasteiger partial charge is 0.349 e. The minimum Gasteiger partial charge on any atom is -0.349 e. The normalized spacial score (nSPS) is 11.1. The molecule has 3 nitrogen and oxygen atoms in total. The van der Waals surface area contributed by atoms with Crippen LogP contribution in [0.3, 0.4) is 0 Å². The predicted octanol–water partition coefficient (Wildman–Crippen LogP) is 2.48. The number of aryl methyl sites for hydroxylation is 1. The summed E-state index contributed by atoms with van der Waals surface area (Å²) in [5.74, 6) is 0. The molecular formula is C11H13ClN2O. The highest BCUT2D eigenvalue weighted by Gasteiger charge is 2.08. The van der Waals surface area contributed by atoms with Crippen LogP contribution in [0.2, 0.25) is 5.02 Å². The maximum atomic E-state index is 6.17. The molecule has 0 saturated heterocycles. The van der Waals surface area contributed by atoms with Gasteiger partial charge in [0.25, 0.3) is 0 Å². The van der Waals surface area contributed by atoms with Gasteiger partial charge in [-0.05, 0) is 11.6 Å². The Bertz CT molecular complexity index is 479. The zero-order valence-electron chi connectivity index (χ0n) is 8.75. The number of nitrogens with zero attached hydrogens (tertiary/aromatic N) is 1. The van der Waals surface area contributed by atoms with Gasteiger partial charge in [0.2, 0.25) is 0 Å². The van der Waals surface area contributed by atoms with Crippen LogP contribution in [0.1, 0.15) is 5.56 Å². The summed E-state index contributed by atoms with van der Waals surface area (Å²) in [6, 6.07) is 6.11. The number of benzene rings is 1. The van der Waals surface area contributed by atoms with E-state index in [1.54, 1.807) is 7.11 Å². The number of fused-ring (bicyclic) bond motifs is 1. The molecule has 1 heterocycles. The molecule has 0 spiro atoms. The lowest BCUT2D eigenvalue weighted by atomic mass is 10.1. The summed E-state index contributed by atoms with van der Waals surface area (Å²) in [5.41, 5.74) is 5.10. The number of aromatic nitrogens is 1. The molecule has 0 fully saturated rings. The lowest BCUT2D eigenvalue weighted by molar-refractivity contribution is 0.0870. The standard InChI is InChI=1S/C11H13ClN2O/c1-14-7-9(12)11-8(6-13-15-2)4-3-5-10(11)14/h3-5,7,13H,6H2,1-2H3. The van der Waals surface area contributed by atoms with Crippen LogP contribution in [0.5, 0.6) is 0 Å². The van der Waals surface area contributed by atoms with E-state index in [-0.39, 0.29) is 0 Å². The first-order valence-electron chi connectivity index (χ1n) is 4.72. The predicted molar refractivity (Wildman–Crippen MR) is 61.8 cm³/mol. The quantitative estimate of drug-likeness (QED) is 0.811. The lowest BCUT2D eigenvalue weighted by Gasteiger charge is -2.04. The summed E-state index contributed by atoms with van der Waals surface area (Å²) in [6.07, 6.45) is 1.92. The highest BCUT2D eigenvalue weighted by atomic mass is 35.5. The maximum Gasteiger partial charge on any atom is 0.0664 e. The average Bonchev–Trinajstić information content (AvgIpc) is 2.53. The average molecular weight is 225 g/mol. The summed E-state index contributed by atoms with van der Waals surface area (Å²) in [5, 5.41) is 1.87. The Kier molecular flexibility index (Phi) is 2.95. The van der Waals surface area contributed by atoms with Gasteiger partial charge in [-0.2, -0.15) is 5.48 Å². The second-order valence-corrected chi connectivity index (χ2v) is 3.83. The molecule has 2 rings (SSSR count). The topological polar surface area (TPSA) is 26.2 Å². The van der Waals surface area contributed by atoms with Crippen LogP contribution in [0, 0.1) is 0 Å². The molecule has 0 unspecified atom stereocenters. The first-order chi connectivity index (χ1) is 7.24. The van der Waals surface area contributed by atoms with Crippen LogP contribution in [-0.2, 0) is 18.4 Å². The Balaban J connectivity index is 2.54. The summed E-state index contributed by atoms with van der Waals surface area (Å²) in [4.78, 5) is 4.84. The third-order valence-electron chi connectivity index (χ3n) is 2.46. The first kappa shape index (κ1) is 10.5. The van der Waals surface area contributed by atoms with Crippen LogP contribution >= 0.6 is 11.6 Å². The van der Waals surface area contributed by atoms with Crippen LogP contribution in [-0.4, -0.2) is 11.7 Å². The van der Waals surface area contributed by atoms with Gasteiger partial charge in [-0.3, -0.25) is 0 Å². The van der Waals surface area contributed by atoms with E-state index in [0.717, 1.165) is 21.5 Å². The minimum absolute atomic E-state index is 0.650. The van der Waals surface area contributed by atoms with Gasteiger partial charge in [-0.1, -0.05) is 23.7 Å². The Morgan fingerprint density at radius 2 is 2.27 bits per heavy atom. The van der Waals surface area contributed by atoms with E-state index in [0.29, 0.717) is 6.54 Å². The summed E-state index contributed by atoms with van der Waals surface area (Å²) >= 11 is 6.17. The third-order valence-corrected chi connectivity index (χ3v) is 2.75. The summed E-state index contributed by atoms with van der Waals surface area (Å²) in [7, 11) is 3.59. The monoisotopic (exact) mass is 224 g/mol. The van der Waals surface area contributed by atoms with E-state index in [1.807, 2.05) is 29.9 Å². The Morgan fingerprint density at radius 3 is 3.00 bits per heavy atom. The zero-order chi connectivity index (χ0) is 10.8. The molecule has 0 radical (unpaired) electrons. The highest BCUT2D eigenvalue weighted by Crippen LogP contribution is 2.28. The van der Waals surface area contributed by atoms with Crippen molar-refractivity contribution in [3.63, 3.8) is 0 Å². The Morgan fingerprint density at radius 1 is 1.47 bits per heavy atom. The van der Waals surface area contributed by atoms with Crippen LogP contribution in [0.25, 0.3) is 10.9 Å². The molecule has 1 aromatic carbocycles. The maximum absolute atomic E-state index is 6.17. The summed E-state index contributed by atoms with van der Waals surface area (Å²) in [6.45, 7) is 0.650. The zero-order valence-corrected chi connectivity index (χ0v) is 9.51. The SMILES string of the molecule is CONCc1cccc2c1c(Cl)cn2C. The minimum atomic E-state index is 0.650. The molecular weight excluding hydrogens is 212 g/mol. The van der Waals surface area contributed by atoms with Gasteiger partial charge in [0.1, 0.15) is 0 Å². The van der Waals surface area contributed by atoms with Crippen LogP contribution < -0.4 is 5.48 Å². The van der Waals surface area contributed by atoms with Crippen LogP contribution in [0.4, 0.5) is 0 Å². The molecule has 0 saturated carbocycles. The van der Waals surface area contributed by atoms with Gasteiger partial charge < -0.3 is 9.40 Å². The van der Waals surface area contributed by atoms with Gasteiger partial charge in [0.15, 0.2) is 0 Å². The number of halogens is 1. The van der Waals surface area contributed by atoms with Crippen molar-refractivity contribution in [2.45, 2.75) is 6.54 Å². The van der Waals surface area contributed by atoms with Crippen molar-refractivity contribution in [3.8, 4) is 0 Å². The molecule has 80 valence electrons. The molecule has 0 atom stereocenters. The molecule has 0 amide bonds. The van der Waals surface area contributed by atoms with E-state index in [4.69, 9.17) is 16.4 Å². The van der Waals surface area contributed by atoms with Gasteiger partial charge in [-0.25, -0.2) is 0 Å². The number of rotatable bonds is 3. The number of hydroxylamine groups is 1. The first-order valence-corrected chi connectivity index (χ1v) is 5.10. The second kappa shape index (κ2) is 4.23. The van der Waals surface area contributed by atoms with Crippen molar-refractivity contribution in [1.29, 1.82) is 0 Å². The summed E-state index contributed by atoms with van der Waals surface area (Å²) < 4.78 is 2.02. The van der Waals surface area contributed by atoms with Gasteiger partial charge in [-0.15, -0.1) is 0 Å². The molecule has 0 aliphatic rings. The third kappa shape index (κ3) is 1.86. The van der Waals surface area contributed by atoms with E-state index >= 15 is 0 Å². The fourth-order valence-corrected chi connectivity index (χ4v) is 2.12. The second-order valence-electron chi connectivity index (χ2n) is 3.42. The molecule has 1 N–H and O–H groups in total. The van der Waals surface area contributed by atoms with Gasteiger partial charge in [0, 0.05) is 30.7 Å². The molecule has 15 heavy (non-hydrogen) atoms. The van der Waals surface area contributed by atoms with Crippen molar-refractivity contribution in [2.24, 2.45) is 7.05 Å². The molecule has 0 bridgehead atoms. The lowest BCUT2D eigenvalue weighted by Crippen LogP contribution is -2.10. The van der Waals surface area contributed by atoms with E-state index in [2.05, 4.69) is 11.5 Å². The Labute approximate surface area is 93.5 Å². The van der Waals surface area contributed by atoms with E-state index in [9.17, 15) is 0 Å². The van der Waals surface area contributed by atoms with Crippen molar-refractivity contribution in [1.82, 2.24) is 10.0 Å². The molecule has 0 aliphatic heterocycles. The van der Waals surface area contributed by atoms with Gasteiger partial charge >= 0.3 is 0 Å².